The zero-order valence-corrected chi connectivity index (χ0v) is 11.3. The van der Waals surface area contributed by atoms with Gasteiger partial charge in [0.15, 0.2) is 0 Å². The Morgan fingerprint density at radius 2 is 1.88 bits per heavy atom. The number of likely N-dealkylation sites (tertiary alicyclic amines) is 1. The lowest BCUT2D eigenvalue weighted by molar-refractivity contribution is -0.121. The van der Waals surface area contributed by atoms with Crippen molar-refractivity contribution in [1.29, 1.82) is 0 Å². The Morgan fingerprint density at radius 1 is 1.18 bits per heavy atom. The van der Waals surface area contributed by atoms with Crippen molar-refractivity contribution in [3.8, 4) is 0 Å². The summed E-state index contributed by atoms with van der Waals surface area (Å²) in [7, 11) is 0. The quantitative estimate of drug-likeness (QED) is 0.653. The average molecular weight is 241 g/mol. The molecule has 1 fully saturated rings. The predicted molar refractivity (Wildman–Crippen MR) is 71.1 cm³/mol. The smallest absolute Gasteiger partial charge is 0.221 e. The fraction of sp³-hybridized carbons (Fsp3) is 0.923. The molecule has 0 spiro atoms. The van der Waals surface area contributed by atoms with Crippen LogP contribution in [0.15, 0.2) is 0 Å². The van der Waals surface area contributed by atoms with E-state index < -0.39 is 0 Å². The van der Waals surface area contributed by atoms with Crippen molar-refractivity contribution in [3.63, 3.8) is 0 Å². The third kappa shape index (κ3) is 7.34. The lowest BCUT2D eigenvalue weighted by atomic mass is 10.1. The van der Waals surface area contributed by atoms with Crippen molar-refractivity contribution >= 4 is 5.91 Å². The molecule has 1 rings (SSSR count). The molecule has 1 amide bonds. The van der Waals surface area contributed by atoms with Crippen LogP contribution in [0, 0.1) is 0 Å². The van der Waals surface area contributed by atoms with E-state index in [0.29, 0.717) is 6.42 Å². The molecule has 0 saturated carbocycles. The Balaban J connectivity index is 1.91. The van der Waals surface area contributed by atoms with E-state index in [4.69, 9.17) is 0 Å². The highest BCUT2D eigenvalue weighted by atomic mass is 16.1. The normalized spacial score (nSPS) is 17.4. The van der Waals surface area contributed by atoms with Crippen LogP contribution in [-0.2, 0) is 4.79 Å². The van der Waals surface area contributed by atoms with Crippen molar-refractivity contribution < 1.29 is 4.79 Å². The van der Waals surface area contributed by atoms with Crippen LogP contribution in [0.4, 0.5) is 0 Å². The van der Waals surface area contributed by atoms with Gasteiger partial charge in [0.25, 0.3) is 0 Å². The third-order valence-electron chi connectivity index (χ3n) is 3.03. The summed E-state index contributed by atoms with van der Waals surface area (Å²) in [5.41, 5.74) is 0. The molecule has 100 valence electrons. The SMILES string of the molecule is CC(C)NC(=O)CCNCCN1CCCCC1. The lowest BCUT2D eigenvalue weighted by Crippen LogP contribution is -2.37. The number of amides is 1. The molecule has 0 aromatic rings. The van der Waals surface area contributed by atoms with Crippen molar-refractivity contribution in [2.75, 3.05) is 32.7 Å². The standard InChI is InChI=1S/C13H27N3O/c1-12(2)15-13(17)6-7-14-8-11-16-9-4-3-5-10-16/h12,14H,3-11H2,1-2H3,(H,15,17). The number of hydrogen-bond donors (Lipinski definition) is 2. The highest BCUT2D eigenvalue weighted by Gasteiger charge is 2.08. The summed E-state index contributed by atoms with van der Waals surface area (Å²) in [6.45, 7) is 9.36. The van der Waals surface area contributed by atoms with Gasteiger partial charge in [0, 0.05) is 32.1 Å². The molecule has 0 aromatic heterocycles. The van der Waals surface area contributed by atoms with Gasteiger partial charge in [-0.05, 0) is 39.8 Å². The van der Waals surface area contributed by atoms with Crippen LogP contribution in [0.5, 0.6) is 0 Å². The van der Waals surface area contributed by atoms with Gasteiger partial charge >= 0.3 is 0 Å². The number of rotatable bonds is 7. The molecule has 2 N–H and O–H groups in total. The van der Waals surface area contributed by atoms with Crippen LogP contribution in [0.2, 0.25) is 0 Å². The maximum atomic E-state index is 11.4. The topological polar surface area (TPSA) is 44.4 Å². The molecule has 17 heavy (non-hydrogen) atoms. The average Bonchev–Trinajstić information content (AvgIpc) is 2.29. The molecular weight excluding hydrogens is 214 g/mol. The van der Waals surface area contributed by atoms with E-state index in [1.54, 1.807) is 0 Å². The van der Waals surface area contributed by atoms with E-state index in [1.165, 1.54) is 32.4 Å². The van der Waals surface area contributed by atoms with Gasteiger partial charge in [0.1, 0.15) is 0 Å². The molecular formula is C13H27N3O. The van der Waals surface area contributed by atoms with Crippen LogP contribution in [-0.4, -0.2) is 49.6 Å². The maximum Gasteiger partial charge on any atom is 0.221 e. The van der Waals surface area contributed by atoms with E-state index >= 15 is 0 Å². The molecule has 0 aromatic carbocycles. The van der Waals surface area contributed by atoms with E-state index in [0.717, 1.165) is 19.6 Å². The molecule has 1 heterocycles. The van der Waals surface area contributed by atoms with Gasteiger partial charge in [-0.1, -0.05) is 6.42 Å². The van der Waals surface area contributed by atoms with Crippen LogP contribution in [0.25, 0.3) is 0 Å². The summed E-state index contributed by atoms with van der Waals surface area (Å²) in [6.07, 6.45) is 4.66. The second-order valence-corrected chi connectivity index (χ2v) is 5.12. The Labute approximate surface area is 105 Å². The lowest BCUT2D eigenvalue weighted by Gasteiger charge is -2.26. The van der Waals surface area contributed by atoms with E-state index in [1.807, 2.05) is 13.8 Å². The first-order chi connectivity index (χ1) is 8.18. The van der Waals surface area contributed by atoms with Gasteiger partial charge in [0.05, 0.1) is 0 Å². The summed E-state index contributed by atoms with van der Waals surface area (Å²) in [5, 5.41) is 6.23. The largest absolute Gasteiger partial charge is 0.354 e. The van der Waals surface area contributed by atoms with Crippen molar-refractivity contribution in [1.82, 2.24) is 15.5 Å². The summed E-state index contributed by atoms with van der Waals surface area (Å²) in [4.78, 5) is 13.9. The molecule has 0 bridgehead atoms. The molecule has 0 radical (unpaired) electrons. The first-order valence-electron chi connectivity index (χ1n) is 6.91. The van der Waals surface area contributed by atoms with Crippen LogP contribution < -0.4 is 10.6 Å². The molecule has 4 heteroatoms. The Bertz CT molecular complexity index is 213. The van der Waals surface area contributed by atoms with Crippen molar-refractivity contribution in [3.05, 3.63) is 0 Å². The summed E-state index contributed by atoms with van der Waals surface area (Å²) in [5.74, 6) is 0.144. The van der Waals surface area contributed by atoms with Crippen molar-refractivity contribution in [2.45, 2.75) is 45.6 Å². The second-order valence-electron chi connectivity index (χ2n) is 5.12. The fourth-order valence-corrected chi connectivity index (χ4v) is 2.14. The highest BCUT2D eigenvalue weighted by Crippen LogP contribution is 2.07. The number of carbonyl (C=O) groups excluding carboxylic acids is 1. The minimum atomic E-state index is 0.144. The second kappa shape index (κ2) is 8.48. The molecule has 1 saturated heterocycles. The molecule has 0 aliphatic carbocycles. The van der Waals surface area contributed by atoms with Crippen LogP contribution in [0.1, 0.15) is 39.5 Å². The van der Waals surface area contributed by atoms with Gasteiger partial charge in [-0.15, -0.1) is 0 Å². The van der Waals surface area contributed by atoms with Crippen LogP contribution >= 0.6 is 0 Å². The first-order valence-corrected chi connectivity index (χ1v) is 6.91. The zero-order valence-electron chi connectivity index (χ0n) is 11.3. The van der Waals surface area contributed by atoms with E-state index in [2.05, 4.69) is 15.5 Å². The first kappa shape index (κ1) is 14.5. The molecule has 0 unspecified atom stereocenters. The third-order valence-corrected chi connectivity index (χ3v) is 3.03. The number of carbonyl (C=O) groups is 1. The summed E-state index contributed by atoms with van der Waals surface area (Å²) in [6, 6.07) is 0.246. The fourth-order valence-electron chi connectivity index (χ4n) is 2.14. The Hall–Kier alpha value is -0.610. The molecule has 4 nitrogen and oxygen atoms in total. The zero-order chi connectivity index (χ0) is 12.5. The van der Waals surface area contributed by atoms with Gasteiger partial charge in [0.2, 0.25) is 5.91 Å². The predicted octanol–water partition coefficient (Wildman–Crippen LogP) is 0.977. The minimum absolute atomic E-state index is 0.144. The number of nitrogens with one attached hydrogen (secondary N) is 2. The molecule has 0 atom stereocenters. The number of nitrogens with zero attached hydrogens (tertiary/aromatic N) is 1. The van der Waals surface area contributed by atoms with E-state index in [9.17, 15) is 4.79 Å². The molecule has 1 aliphatic heterocycles. The van der Waals surface area contributed by atoms with Gasteiger partial charge in [-0.2, -0.15) is 0 Å². The van der Waals surface area contributed by atoms with Gasteiger partial charge in [-0.3, -0.25) is 4.79 Å². The maximum absolute atomic E-state index is 11.4. The summed E-state index contributed by atoms with van der Waals surface area (Å²) < 4.78 is 0. The number of piperidine rings is 1. The van der Waals surface area contributed by atoms with E-state index in [-0.39, 0.29) is 11.9 Å². The Kier molecular flexibility index (Phi) is 7.21. The number of hydrogen-bond acceptors (Lipinski definition) is 3. The highest BCUT2D eigenvalue weighted by molar-refractivity contribution is 5.76. The summed E-state index contributed by atoms with van der Waals surface area (Å²) >= 11 is 0. The van der Waals surface area contributed by atoms with Gasteiger partial charge in [-0.25, -0.2) is 0 Å². The Morgan fingerprint density at radius 3 is 2.53 bits per heavy atom. The molecule has 1 aliphatic rings. The van der Waals surface area contributed by atoms with Gasteiger partial charge < -0.3 is 15.5 Å². The minimum Gasteiger partial charge on any atom is -0.354 e. The van der Waals surface area contributed by atoms with Crippen molar-refractivity contribution in [2.24, 2.45) is 0 Å². The van der Waals surface area contributed by atoms with Crippen LogP contribution in [0.3, 0.4) is 0 Å². The monoisotopic (exact) mass is 241 g/mol.